The van der Waals surface area contributed by atoms with Crippen molar-refractivity contribution in [2.45, 2.75) is 77.8 Å². The summed E-state index contributed by atoms with van der Waals surface area (Å²) < 4.78 is 0. The second kappa shape index (κ2) is 18.0. The Labute approximate surface area is 357 Å². The molecule has 12 N–H and O–H groups in total. The first-order chi connectivity index (χ1) is 29.3. The van der Waals surface area contributed by atoms with Crippen molar-refractivity contribution in [2.24, 2.45) is 9.98 Å². The summed E-state index contributed by atoms with van der Waals surface area (Å²) in [5.74, 6) is -3.30. The number of benzene rings is 6. The van der Waals surface area contributed by atoms with Gasteiger partial charge in [0.2, 0.25) is 0 Å². The van der Waals surface area contributed by atoms with E-state index in [1.165, 1.54) is 61.0 Å². The lowest BCUT2D eigenvalue weighted by molar-refractivity contribution is -0.0152. The number of phenols is 6. The van der Waals surface area contributed by atoms with Gasteiger partial charge in [-0.3, -0.25) is 9.98 Å². The van der Waals surface area contributed by atoms with E-state index in [2.05, 4.69) is 9.98 Å². The molecule has 14 heteroatoms. The summed E-state index contributed by atoms with van der Waals surface area (Å²) in [6.45, 7) is 9.44. The lowest BCUT2D eigenvalue weighted by Gasteiger charge is -2.23. The number of hydrogen-bond acceptors (Lipinski definition) is 14. The van der Waals surface area contributed by atoms with Crippen molar-refractivity contribution < 1.29 is 61.3 Å². The first-order valence-electron chi connectivity index (χ1n) is 20.0. The zero-order chi connectivity index (χ0) is 45.5. The van der Waals surface area contributed by atoms with E-state index in [0.717, 1.165) is 0 Å². The van der Waals surface area contributed by atoms with Crippen molar-refractivity contribution >= 4 is 45.3 Å². The molecule has 62 heavy (non-hydrogen) atoms. The van der Waals surface area contributed by atoms with Crippen molar-refractivity contribution in [1.29, 1.82) is 0 Å². The molecule has 0 aliphatic rings. The van der Waals surface area contributed by atoms with Crippen LogP contribution in [0.15, 0.2) is 70.6 Å². The number of aliphatic hydroxyl groups excluding tert-OH is 6. The maximum Gasteiger partial charge on any atom is 0.167 e. The fraction of sp³-hybridized carbons (Fsp3) is 0.292. The molecule has 0 bridgehead atoms. The number of aliphatic hydroxyl groups is 6. The Morgan fingerprint density at radius 2 is 0.806 bits per heavy atom. The van der Waals surface area contributed by atoms with E-state index in [-0.39, 0.29) is 56.4 Å². The zero-order valence-corrected chi connectivity index (χ0v) is 35.1. The van der Waals surface area contributed by atoms with Crippen LogP contribution in [0.5, 0.6) is 34.5 Å². The van der Waals surface area contributed by atoms with Crippen LogP contribution in [0.25, 0.3) is 32.7 Å². The zero-order valence-electron chi connectivity index (χ0n) is 35.1. The van der Waals surface area contributed by atoms with Crippen LogP contribution in [0.4, 0.5) is 11.4 Å². The Kier molecular flexibility index (Phi) is 13.1. The van der Waals surface area contributed by atoms with Gasteiger partial charge in [-0.05, 0) is 83.0 Å². The molecule has 0 fully saturated rings. The second-order valence-corrected chi connectivity index (χ2v) is 16.1. The highest BCUT2D eigenvalue weighted by atomic mass is 16.4. The predicted molar refractivity (Wildman–Crippen MR) is 238 cm³/mol. The van der Waals surface area contributed by atoms with Gasteiger partial charge in [-0.25, -0.2) is 0 Å². The average Bonchev–Trinajstić information content (AvgIpc) is 3.24. The van der Waals surface area contributed by atoms with E-state index in [0.29, 0.717) is 55.5 Å². The topological polar surface area (TPSA) is 267 Å². The van der Waals surface area contributed by atoms with Gasteiger partial charge >= 0.3 is 0 Å². The molecule has 0 aliphatic carbocycles. The number of rotatable bonds is 13. The van der Waals surface area contributed by atoms with Crippen molar-refractivity contribution in [3.8, 4) is 45.6 Å². The summed E-state index contributed by atoms with van der Waals surface area (Å²) in [6.07, 6.45) is -2.93. The number of nitrogens with zero attached hydrogens (tertiary/aromatic N) is 2. The molecule has 4 atom stereocenters. The lowest BCUT2D eigenvalue weighted by Crippen LogP contribution is -2.21. The van der Waals surface area contributed by atoms with Crippen LogP contribution in [0.1, 0.15) is 96.2 Å². The Balaban J connectivity index is 1.60. The molecule has 0 saturated carbocycles. The van der Waals surface area contributed by atoms with E-state index in [4.69, 9.17) is 0 Å². The van der Waals surface area contributed by atoms with Gasteiger partial charge in [0.05, 0.1) is 35.7 Å². The number of phenolic OH excluding ortho intramolecular Hbond substituents is 6. The molecule has 0 heterocycles. The van der Waals surface area contributed by atoms with E-state index in [1.54, 1.807) is 26.0 Å². The van der Waals surface area contributed by atoms with Crippen LogP contribution >= 0.6 is 0 Å². The van der Waals surface area contributed by atoms with Gasteiger partial charge in [0.25, 0.3) is 0 Å². The molecule has 0 aromatic heterocycles. The molecule has 0 aliphatic heterocycles. The summed E-state index contributed by atoms with van der Waals surface area (Å²) in [4.78, 5) is 8.97. The highest BCUT2D eigenvalue weighted by Crippen LogP contribution is 2.54. The summed E-state index contributed by atoms with van der Waals surface area (Å²) in [5.41, 5.74) is 3.28. The van der Waals surface area contributed by atoms with Gasteiger partial charge in [-0.15, -0.1) is 0 Å². The standard InChI is InChI=1S/C48H52N2O12/c1-21(2)35-29-15-23(5)37(45(59)39(29)31(43(57)47(35)61)17-49-27-11-7-25(8-12-27)41(55)33(53)19-51)38-24(6)16-30-36(22(3)4)48(62)44(58)32(40(30)46(38)60)18-50-28-13-9-26(10-14-28)42(56)34(54)20-52/h7-18,21-22,33-34,41-42,51-62H,19-20H2,1-6H3/t33-,34+,41+,42-. The molecule has 0 radical (unpaired) electrons. The molecular weight excluding hydrogens is 797 g/mol. The normalized spacial score (nSPS) is 14.2. The van der Waals surface area contributed by atoms with Crippen molar-refractivity contribution in [1.82, 2.24) is 0 Å². The smallest absolute Gasteiger partial charge is 0.167 e. The largest absolute Gasteiger partial charge is 0.507 e. The molecule has 6 rings (SSSR count). The SMILES string of the molecule is Cc1cc2c(C(C)C)c(O)c(O)c(C=Nc3ccc([C@@H](O)[C@@H](O)CO)cc3)c2c(O)c1-c1c(C)cc2c(C(C)C)c(O)c(O)c(C=Nc3ccc([C@H](O)[C@H](O)CO)cc3)c2c1O. The Morgan fingerprint density at radius 3 is 1.10 bits per heavy atom. The molecule has 0 saturated heterocycles. The molecule has 326 valence electrons. The Bertz CT molecular complexity index is 2520. The number of hydrogen-bond donors (Lipinski definition) is 12. The number of aryl methyl sites for hydroxylation is 2. The van der Waals surface area contributed by atoms with Gasteiger partial charge in [0.15, 0.2) is 23.0 Å². The Hall–Kier alpha value is -6.26. The maximum absolute atomic E-state index is 12.5. The minimum Gasteiger partial charge on any atom is -0.507 e. The first-order valence-corrected chi connectivity index (χ1v) is 20.0. The third-order valence-electron chi connectivity index (χ3n) is 11.2. The minimum atomic E-state index is -1.39. The summed E-state index contributed by atoms with van der Waals surface area (Å²) in [7, 11) is 0. The monoisotopic (exact) mass is 848 g/mol. The fourth-order valence-corrected chi connectivity index (χ4v) is 8.06. The average molecular weight is 849 g/mol. The lowest BCUT2D eigenvalue weighted by atomic mass is 9.83. The minimum absolute atomic E-state index is 0.0414. The van der Waals surface area contributed by atoms with Crippen LogP contribution in [-0.4, -0.2) is 99.1 Å². The van der Waals surface area contributed by atoms with Crippen molar-refractivity contribution in [2.75, 3.05) is 13.2 Å². The predicted octanol–water partition coefficient (Wildman–Crippen LogP) is 7.03. The van der Waals surface area contributed by atoms with Gasteiger partial charge < -0.3 is 61.3 Å². The van der Waals surface area contributed by atoms with Gasteiger partial charge in [0.1, 0.15) is 35.9 Å². The fourth-order valence-electron chi connectivity index (χ4n) is 8.06. The summed E-state index contributed by atoms with van der Waals surface area (Å²) >= 11 is 0. The summed E-state index contributed by atoms with van der Waals surface area (Å²) in [5, 5.41) is 131. The first kappa shape index (κ1) is 45.3. The van der Waals surface area contributed by atoms with Crippen LogP contribution in [0.3, 0.4) is 0 Å². The third kappa shape index (κ3) is 8.11. The number of fused-ring (bicyclic) bond motifs is 2. The highest BCUT2D eigenvalue weighted by molar-refractivity contribution is 6.15. The van der Waals surface area contributed by atoms with Gasteiger partial charge in [-0.2, -0.15) is 0 Å². The van der Waals surface area contributed by atoms with Gasteiger partial charge in [-0.1, -0.05) is 64.1 Å². The summed E-state index contributed by atoms with van der Waals surface area (Å²) in [6, 6.07) is 15.6. The number of aliphatic imine (C=N–C) groups is 2. The molecule has 14 nitrogen and oxygen atoms in total. The molecule has 6 aromatic rings. The molecule has 0 unspecified atom stereocenters. The maximum atomic E-state index is 12.5. The molecule has 6 aromatic carbocycles. The van der Waals surface area contributed by atoms with E-state index >= 15 is 0 Å². The van der Waals surface area contributed by atoms with E-state index in [9.17, 15) is 61.3 Å². The van der Waals surface area contributed by atoms with Crippen LogP contribution < -0.4 is 0 Å². The van der Waals surface area contributed by atoms with Crippen LogP contribution in [0.2, 0.25) is 0 Å². The van der Waals surface area contributed by atoms with Crippen LogP contribution in [0, 0.1) is 13.8 Å². The van der Waals surface area contributed by atoms with Crippen LogP contribution in [-0.2, 0) is 0 Å². The van der Waals surface area contributed by atoms with Crippen molar-refractivity contribution in [3.63, 3.8) is 0 Å². The second-order valence-electron chi connectivity index (χ2n) is 16.1. The highest BCUT2D eigenvalue weighted by Gasteiger charge is 2.30. The van der Waals surface area contributed by atoms with E-state index < -0.39 is 60.6 Å². The van der Waals surface area contributed by atoms with Crippen molar-refractivity contribution in [3.05, 3.63) is 105 Å². The molecule has 0 spiro atoms. The Morgan fingerprint density at radius 1 is 0.484 bits per heavy atom. The van der Waals surface area contributed by atoms with E-state index in [1.807, 2.05) is 27.7 Å². The molecule has 0 amide bonds. The molecular formula is C48H52N2O12. The third-order valence-corrected chi connectivity index (χ3v) is 11.2. The quantitative estimate of drug-likeness (QED) is 0.0413. The van der Waals surface area contributed by atoms with Gasteiger partial charge in [0, 0.05) is 45.5 Å². The number of aromatic hydroxyl groups is 6.